The number of anilines is 1. The zero-order chi connectivity index (χ0) is 12.7. The Morgan fingerprint density at radius 1 is 1.39 bits per heavy atom. The van der Waals surface area contributed by atoms with Crippen LogP contribution in [-0.2, 0) is 0 Å². The van der Waals surface area contributed by atoms with Crippen molar-refractivity contribution in [2.24, 2.45) is 0 Å². The van der Waals surface area contributed by atoms with Gasteiger partial charge in [0.1, 0.15) is 5.69 Å². The third-order valence-corrected chi connectivity index (χ3v) is 4.02. The molecule has 1 fully saturated rings. The zero-order valence-corrected chi connectivity index (χ0v) is 11.6. The van der Waals surface area contributed by atoms with Gasteiger partial charge in [-0.25, -0.2) is 0 Å². The van der Waals surface area contributed by atoms with Gasteiger partial charge in [-0.05, 0) is 18.7 Å². The number of benzene rings is 1. The van der Waals surface area contributed by atoms with Crippen LogP contribution in [0.4, 0.5) is 5.88 Å². The molecule has 0 amide bonds. The molecule has 94 valence electrons. The maximum atomic E-state index is 5.53. The Morgan fingerprint density at radius 3 is 2.72 bits per heavy atom. The average Bonchev–Trinajstić information content (AvgIpc) is 2.72. The van der Waals surface area contributed by atoms with Crippen molar-refractivity contribution in [1.82, 2.24) is 10.1 Å². The molecule has 18 heavy (non-hydrogen) atoms. The lowest BCUT2D eigenvalue weighted by Crippen LogP contribution is -2.41. The fraction of sp³-hybridized carbons (Fsp3) is 0.308. The minimum absolute atomic E-state index is 0.339. The summed E-state index contributed by atoms with van der Waals surface area (Å²) in [5.74, 6) is 0.964. The zero-order valence-electron chi connectivity index (χ0n) is 10.1. The van der Waals surface area contributed by atoms with Crippen molar-refractivity contribution in [1.29, 1.82) is 0 Å². The third kappa shape index (κ3) is 2.04. The van der Waals surface area contributed by atoms with Crippen molar-refractivity contribution in [2.45, 2.75) is 5.92 Å². The SMILES string of the molecule is CN1CC(c2ccc(-c3cc(N)on3)cc2Br)C1. The predicted octanol–water partition coefficient (Wildman–Crippen LogP) is 2.72. The molecule has 0 saturated carbocycles. The van der Waals surface area contributed by atoms with Gasteiger partial charge in [0.2, 0.25) is 5.88 Å². The van der Waals surface area contributed by atoms with Crippen molar-refractivity contribution in [3.63, 3.8) is 0 Å². The van der Waals surface area contributed by atoms with Crippen LogP contribution in [-0.4, -0.2) is 30.2 Å². The number of likely N-dealkylation sites (tertiary alicyclic amines) is 1. The van der Waals surface area contributed by atoms with Crippen LogP contribution in [0.5, 0.6) is 0 Å². The maximum Gasteiger partial charge on any atom is 0.222 e. The minimum Gasteiger partial charge on any atom is -0.368 e. The van der Waals surface area contributed by atoms with Crippen LogP contribution in [0.2, 0.25) is 0 Å². The summed E-state index contributed by atoms with van der Waals surface area (Å²) in [5.41, 5.74) is 8.67. The second kappa shape index (κ2) is 4.40. The Bertz CT molecular complexity index is 575. The molecule has 1 aliphatic rings. The smallest absolute Gasteiger partial charge is 0.222 e. The molecule has 0 unspecified atom stereocenters. The van der Waals surface area contributed by atoms with Crippen molar-refractivity contribution in [3.05, 3.63) is 34.3 Å². The Morgan fingerprint density at radius 2 is 2.17 bits per heavy atom. The van der Waals surface area contributed by atoms with E-state index in [9.17, 15) is 0 Å². The lowest BCUT2D eigenvalue weighted by molar-refractivity contribution is 0.189. The summed E-state index contributed by atoms with van der Waals surface area (Å²) in [7, 11) is 2.14. The number of nitrogens with two attached hydrogens (primary N) is 1. The summed E-state index contributed by atoms with van der Waals surface area (Å²) in [6.45, 7) is 2.24. The Labute approximate surface area is 114 Å². The molecule has 0 atom stereocenters. The van der Waals surface area contributed by atoms with E-state index in [-0.39, 0.29) is 0 Å². The molecule has 2 heterocycles. The van der Waals surface area contributed by atoms with Gasteiger partial charge in [-0.15, -0.1) is 0 Å². The molecule has 1 aliphatic heterocycles. The van der Waals surface area contributed by atoms with Crippen LogP contribution >= 0.6 is 15.9 Å². The van der Waals surface area contributed by atoms with Gasteiger partial charge in [0.25, 0.3) is 0 Å². The average molecular weight is 308 g/mol. The largest absolute Gasteiger partial charge is 0.368 e. The molecule has 0 aliphatic carbocycles. The van der Waals surface area contributed by atoms with Crippen LogP contribution in [0.3, 0.4) is 0 Å². The van der Waals surface area contributed by atoms with Gasteiger partial charge < -0.3 is 15.2 Å². The van der Waals surface area contributed by atoms with E-state index in [1.54, 1.807) is 6.07 Å². The van der Waals surface area contributed by atoms with E-state index < -0.39 is 0 Å². The van der Waals surface area contributed by atoms with Crippen molar-refractivity contribution in [2.75, 3.05) is 25.9 Å². The predicted molar refractivity (Wildman–Crippen MR) is 74.3 cm³/mol. The number of hydrogen-bond donors (Lipinski definition) is 1. The molecule has 0 spiro atoms. The first-order chi connectivity index (χ1) is 8.63. The fourth-order valence-electron chi connectivity index (χ4n) is 2.34. The van der Waals surface area contributed by atoms with Crippen molar-refractivity contribution < 1.29 is 4.52 Å². The first-order valence-electron chi connectivity index (χ1n) is 5.84. The monoisotopic (exact) mass is 307 g/mol. The topological polar surface area (TPSA) is 55.3 Å². The molecule has 1 aromatic carbocycles. The summed E-state index contributed by atoms with van der Waals surface area (Å²) < 4.78 is 6.01. The summed E-state index contributed by atoms with van der Waals surface area (Å²) in [6, 6.07) is 8.03. The van der Waals surface area contributed by atoms with E-state index in [1.165, 1.54) is 5.56 Å². The summed E-state index contributed by atoms with van der Waals surface area (Å²) in [6.07, 6.45) is 0. The Kier molecular flexibility index (Phi) is 2.87. The highest BCUT2D eigenvalue weighted by atomic mass is 79.9. The molecule has 5 heteroatoms. The molecule has 2 N–H and O–H groups in total. The number of halogens is 1. The standard InChI is InChI=1S/C13H14BrN3O/c1-17-6-9(7-17)10-3-2-8(4-11(10)14)12-5-13(15)18-16-12/h2-5,9H,6-7,15H2,1H3. The molecule has 0 bridgehead atoms. The summed E-state index contributed by atoms with van der Waals surface area (Å²) in [4.78, 5) is 2.31. The van der Waals surface area contributed by atoms with E-state index in [0.717, 1.165) is 28.8 Å². The van der Waals surface area contributed by atoms with Gasteiger partial charge in [0.15, 0.2) is 0 Å². The molecule has 4 nitrogen and oxygen atoms in total. The second-order valence-electron chi connectivity index (χ2n) is 4.77. The van der Waals surface area contributed by atoms with Crippen LogP contribution in [0.15, 0.2) is 33.3 Å². The van der Waals surface area contributed by atoms with Gasteiger partial charge >= 0.3 is 0 Å². The van der Waals surface area contributed by atoms with Gasteiger partial charge in [-0.2, -0.15) is 0 Å². The van der Waals surface area contributed by atoms with E-state index in [0.29, 0.717) is 11.8 Å². The van der Waals surface area contributed by atoms with E-state index in [1.807, 2.05) is 0 Å². The van der Waals surface area contributed by atoms with E-state index in [4.69, 9.17) is 10.3 Å². The van der Waals surface area contributed by atoms with Crippen LogP contribution < -0.4 is 5.73 Å². The van der Waals surface area contributed by atoms with Crippen molar-refractivity contribution in [3.8, 4) is 11.3 Å². The summed E-state index contributed by atoms with van der Waals surface area (Å²) in [5, 5.41) is 3.92. The Balaban J connectivity index is 1.89. The highest BCUT2D eigenvalue weighted by Crippen LogP contribution is 2.34. The number of likely N-dealkylation sites (N-methyl/N-ethyl adjacent to an activating group) is 1. The lowest BCUT2D eigenvalue weighted by atomic mass is 9.91. The lowest BCUT2D eigenvalue weighted by Gasteiger charge is -2.37. The summed E-state index contributed by atoms with van der Waals surface area (Å²) >= 11 is 3.64. The first kappa shape index (κ1) is 11.7. The third-order valence-electron chi connectivity index (χ3n) is 3.33. The number of aromatic nitrogens is 1. The number of rotatable bonds is 2. The quantitative estimate of drug-likeness (QED) is 0.927. The normalized spacial score (nSPS) is 16.8. The highest BCUT2D eigenvalue weighted by molar-refractivity contribution is 9.10. The molecule has 3 rings (SSSR count). The molecule has 1 saturated heterocycles. The van der Waals surface area contributed by atoms with Crippen molar-refractivity contribution >= 4 is 21.8 Å². The fourth-order valence-corrected chi connectivity index (χ4v) is 3.04. The number of nitrogens with zero attached hydrogens (tertiary/aromatic N) is 2. The molecule has 1 aromatic heterocycles. The minimum atomic E-state index is 0.339. The van der Waals surface area contributed by atoms with Crippen LogP contribution in [0, 0.1) is 0 Å². The van der Waals surface area contributed by atoms with Gasteiger partial charge in [-0.1, -0.05) is 33.2 Å². The highest BCUT2D eigenvalue weighted by Gasteiger charge is 2.26. The molecule has 2 aromatic rings. The second-order valence-corrected chi connectivity index (χ2v) is 5.62. The number of nitrogen functional groups attached to an aromatic ring is 1. The van der Waals surface area contributed by atoms with E-state index in [2.05, 4.69) is 51.2 Å². The first-order valence-corrected chi connectivity index (χ1v) is 6.63. The maximum absolute atomic E-state index is 5.53. The Hall–Kier alpha value is -1.33. The number of hydrogen-bond acceptors (Lipinski definition) is 4. The molecular formula is C13H14BrN3O. The van der Waals surface area contributed by atoms with Gasteiger partial charge in [0.05, 0.1) is 0 Å². The molecule has 0 radical (unpaired) electrons. The van der Waals surface area contributed by atoms with Crippen LogP contribution in [0.1, 0.15) is 11.5 Å². The van der Waals surface area contributed by atoms with E-state index >= 15 is 0 Å². The molecular weight excluding hydrogens is 294 g/mol. The van der Waals surface area contributed by atoms with Gasteiger partial charge in [-0.3, -0.25) is 0 Å². The van der Waals surface area contributed by atoms with Gasteiger partial charge in [0, 0.05) is 35.1 Å². The van der Waals surface area contributed by atoms with Crippen LogP contribution in [0.25, 0.3) is 11.3 Å².